The molecule has 0 N–H and O–H groups in total. The molecule has 0 bridgehead atoms. The zero-order chi connectivity index (χ0) is 45.0. The largest absolute Gasteiger partial charge is 0.416 e. The van der Waals surface area contributed by atoms with Crippen molar-refractivity contribution >= 4 is 21.8 Å². The molecule has 0 aliphatic heterocycles. The van der Waals surface area contributed by atoms with Crippen molar-refractivity contribution in [2.45, 2.75) is 26.2 Å². The zero-order valence-corrected chi connectivity index (χ0v) is 34.9. The highest BCUT2D eigenvalue weighted by atomic mass is 19.4. The molecule has 10 rings (SSSR count). The van der Waals surface area contributed by atoms with Crippen LogP contribution in [0.4, 0.5) is 26.3 Å². The van der Waals surface area contributed by atoms with Crippen molar-refractivity contribution in [1.29, 1.82) is 0 Å². The fourth-order valence-electron chi connectivity index (χ4n) is 8.63. The fourth-order valence-corrected chi connectivity index (χ4v) is 8.63. The summed E-state index contributed by atoms with van der Waals surface area (Å²) in [6.07, 6.45) is -9.39. The monoisotopic (exact) mass is 866 g/mol. The summed E-state index contributed by atoms with van der Waals surface area (Å²) in [6, 6.07) is 52.0. The molecule has 0 aliphatic rings. The van der Waals surface area contributed by atoms with Gasteiger partial charge in [0, 0.05) is 38.6 Å². The average Bonchev–Trinajstić information content (AvgIpc) is 3.64. The quantitative estimate of drug-likeness (QED) is 0.150. The van der Waals surface area contributed by atoms with Gasteiger partial charge in [0.05, 0.1) is 27.8 Å². The average molecular weight is 867 g/mol. The van der Waals surface area contributed by atoms with Crippen molar-refractivity contribution in [2.75, 3.05) is 0 Å². The van der Waals surface area contributed by atoms with E-state index in [1.54, 1.807) is 24.3 Å². The number of halogens is 6. The number of hydrogen-bond donors (Lipinski definition) is 0. The van der Waals surface area contributed by atoms with Gasteiger partial charge in [0.2, 0.25) is 0 Å². The minimum Gasteiger partial charge on any atom is -0.308 e. The van der Waals surface area contributed by atoms with Crippen molar-refractivity contribution in [3.63, 3.8) is 0 Å². The van der Waals surface area contributed by atoms with Gasteiger partial charge in [-0.2, -0.15) is 26.3 Å². The van der Waals surface area contributed by atoms with E-state index in [1.165, 1.54) is 12.1 Å². The lowest BCUT2D eigenvalue weighted by Crippen LogP contribution is -2.07. The molecule has 0 radical (unpaired) electrons. The van der Waals surface area contributed by atoms with Gasteiger partial charge in [-0.05, 0) is 96.3 Å². The summed E-state index contributed by atoms with van der Waals surface area (Å²) < 4.78 is 89.7. The highest BCUT2D eigenvalue weighted by Crippen LogP contribution is 2.46. The number of rotatable bonds is 7. The van der Waals surface area contributed by atoms with Crippen LogP contribution in [-0.4, -0.2) is 19.5 Å². The second-order valence-corrected chi connectivity index (χ2v) is 16.0. The molecule has 0 amide bonds. The van der Waals surface area contributed by atoms with Crippen LogP contribution in [-0.2, 0) is 12.4 Å². The minimum atomic E-state index is -4.70. The van der Waals surface area contributed by atoms with E-state index in [1.807, 2.05) is 109 Å². The van der Waals surface area contributed by atoms with Crippen molar-refractivity contribution in [3.8, 4) is 73.2 Å². The summed E-state index contributed by atoms with van der Waals surface area (Å²) in [5.74, 6) is 0.842. The molecular weight excluding hydrogens is 831 g/mol. The Hall–Kier alpha value is -7.85. The lowest BCUT2D eigenvalue weighted by molar-refractivity contribution is -0.138. The van der Waals surface area contributed by atoms with Crippen LogP contribution in [0.5, 0.6) is 0 Å². The van der Waals surface area contributed by atoms with Crippen LogP contribution in [0.25, 0.3) is 95.0 Å². The molecule has 10 heteroatoms. The van der Waals surface area contributed by atoms with E-state index >= 15 is 0 Å². The molecule has 0 atom stereocenters. The van der Waals surface area contributed by atoms with E-state index in [0.717, 1.165) is 57.3 Å². The van der Waals surface area contributed by atoms with Gasteiger partial charge in [-0.15, -0.1) is 0 Å². The third kappa shape index (κ3) is 7.81. The van der Waals surface area contributed by atoms with E-state index in [9.17, 15) is 26.3 Å². The van der Waals surface area contributed by atoms with E-state index in [0.29, 0.717) is 56.2 Å². The van der Waals surface area contributed by atoms with E-state index in [2.05, 4.69) is 31.2 Å². The van der Waals surface area contributed by atoms with Gasteiger partial charge in [-0.3, -0.25) is 0 Å². The molecule has 0 aliphatic carbocycles. The van der Waals surface area contributed by atoms with Crippen molar-refractivity contribution in [1.82, 2.24) is 19.5 Å². The second kappa shape index (κ2) is 16.1. The van der Waals surface area contributed by atoms with Crippen LogP contribution in [0, 0.1) is 13.8 Å². The van der Waals surface area contributed by atoms with Gasteiger partial charge in [0.25, 0.3) is 0 Å². The molecule has 65 heavy (non-hydrogen) atoms. The van der Waals surface area contributed by atoms with Crippen LogP contribution in [0.2, 0.25) is 0 Å². The Labute approximate surface area is 370 Å². The second-order valence-electron chi connectivity index (χ2n) is 16.0. The Bertz CT molecular complexity index is 3290. The zero-order valence-electron chi connectivity index (χ0n) is 34.9. The van der Waals surface area contributed by atoms with Gasteiger partial charge in [-0.25, -0.2) is 15.0 Å². The number of nitrogens with zero attached hydrogens (tertiary/aromatic N) is 4. The third-order valence-electron chi connectivity index (χ3n) is 11.7. The molecule has 0 spiro atoms. The summed E-state index contributed by atoms with van der Waals surface area (Å²) in [7, 11) is 0. The first kappa shape index (κ1) is 41.2. The number of aromatic nitrogens is 4. The first-order valence-corrected chi connectivity index (χ1v) is 20.8. The van der Waals surface area contributed by atoms with Crippen LogP contribution < -0.4 is 0 Å². The summed E-state index contributed by atoms with van der Waals surface area (Å²) >= 11 is 0. The van der Waals surface area contributed by atoms with Gasteiger partial charge in [0.15, 0.2) is 17.5 Å². The van der Waals surface area contributed by atoms with Crippen LogP contribution in [0.15, 0.2) is 182 Å². The molecule has 0 unspecified atom stereocenters. The normalized spacial score (nSPS) is 12.0. The number of aryl methyl sites for hydroxylation is 2. The molecule has 4 nitrogen and oxygen atoms in total. The Morgan fingerprint density at radius 1 is 0.369 bits per heavy atom. The Kier molecular flexibility index (Phi) is 10.2. The highest BCUT2D eigenvalue weighted by molar-refractivity contribution is 6.12. The van der Waals surface area contributed by atoms with Crippen molar-refractivity contribution in [2.24, 2.45) is 0 Å². The Balaban J connectivity index is 1.34. The molecule has 0 fully saturated rings. The Morgan fingerprint density at radius 3 is 1.38 bits per heavy atom. The maximum absolute atomic E-state index is 14.6. The maximum atomic E-state index is 14.6. The Morgan fingerprint density at radius 2 is 0.846 bits per heavy atom. The highest BCUT2D eigenvalue weighted by Gasteiger charge is 2.33. The summed E-state index contributed by atoms with van der Waals surface area (Å²) in [5, 5.41) is 1.70. The predicted octanol–water partition coefficient (Wildman–Crippen LogP) is 15.6. The van der Waals surface area contributed by atoms with E-state index < -0.39 is 23.5 Å². The number of hydrogen-bond acceptors (Lipinski definition) is 3. The molecule has 2 aromatic heterocycles. The number of para-hydroxylation sites is 1. The lowest BCUT2D eigenvalue weighted by atomic mass is 9.91. The molecule has 318 valence electrons. The van der Waals surface area contributed by atoms with Gasteiger partial charge in [-0.1, -0.05) is 133 Å². The lowest BCUT2D eigenvalue weighted by Gasteiger charge is -2.22. The fraction of sp³-hybridized carbons (Fsp3) is 0.0727. The SMILES string of the molecule is Cc1ccc(-c2ccc3c(c2)c2ccccc2n3-c2c(-c3cccc(C(F)(F)F)c3)cc(-c3nc(-c4ccccc4)nc(-c4ccccc4)n3)cc2-c2cccc(C(F)(F)F)c2)c(C)c1. The molecule has 2 heterocycles. The molecule has 0 saturated heterocycles. The molecule has 10 aromatic rings. The first-order valence-electron chi connectivity index (χ1n) is 20.8. The predicted molar refractivity (Wildman–Crippen MR) is 246 cm³/mol. The van der Waals surface area contributed by atoms with Crippen LogP contribution in [0.1, 0.15) is 22.3 Å². The summed E-state index contributed by atoms with van der Waals surface area (Å²) in [5.41, 5.74) is 6.93. The van der Waals surface area contributed by atoms with Crippen molar-refractivity contribution in [3.05, 3.63) is 204 Å². The molecule has 0 saturated carbocycles. The minimum absolute atomic E-state index is 0.172. The molecular formula is C55H36F6N4. The van der Waals surface area contributed by atoms with E-state index in [4.69, 9.17) is 15.0 Å². The topological polar surface area (TPSA) is 43.6 Å². The van der Waals surface area contributed by atoms with Crippen molar-refractivity contribution < 1.29 is 26.3 Å². The van der Waals surface area contributed by atoms with Gasteiger partial charge >= 0.3 is 12.4 Å². The third-order valence-corrected chi connectivity index (χ3v) is 11.7. The first-order chi connectivity index (χ1) is 31.3. The number of fused-ring (bicyclic) bond motifs is 3. The van der Waals surface area contributed by atoms with Crippen LogP contribution in [0.3, 0.4) is 0 Å². The number of alkyl halides is 6. The van der Waals surface area contributed by atoms with E-state index in [-0.39, 0.29) is 17.0 Å². The number of benzene rings is 8. The summed E-state index contributed by atoms with van der Waals surface area (Å²) in [6.45, 7) is 4.09. The maximum Gasteiger partial charge on any atom is 0.416 e. The van der Waals surface area contributed by atoms with Crippen LogP contribution >= 0.6 is 0 Å². The van der Waals surface area contributed by atoms with Gasteiger partial charge < -0.3 is 4.57 Å². The molecule has 8 aromatic carbocycles. The summed E-state index contributed by atoms with van der Waals surface area (Å²) in [4.78, 5) is 14.7. The van der Waals surface area contributed by atoms with Gasteiger partial charge in [0.1, 0.15) is 0 Å². The smallest absolute Gasteiger partial charge is 0.308 e. The standard InChI is InChI=1S/C55H36F6N4/c1-33-23-25-43(34(2)27-33)39-24-26-49-47(30-39)44-21-9-10-22-48(44)65(49)50-45(37-17-11-19-41(28-37)54(56,57)58)31-40(32-46(50)38-18-12-20-42(29-38)55(59,60)61)53-63-51(35-13-5-3-6-14-35)62-52(64-53)36-15-7-4-8-16-36/h3-32H,1-2H3.